The summed E-state index contributed by atoms with van der Waals surface area (Å²) in [5, 5.41) is 4.74. The maximum atomic E-state index is 6.34. The zero-order valence-corrected chi connectivity index (χ0v) is 20.6. The van der Waals surface area contributed by atoms with Crippen LogP contribution in [0.15, 0.2) is 138 Å². The van der Waals surface area contributed by atoms with Crippen molar-refractivity contribution >= 4 is 43.7 Å². The van der Waals surface area contributed by atoms with E-state index in [9.17, 15) is 0 Å². The highest BCUT2D eigenvalue weighted by Crippen LogP contribution is 2.39. The number of aromatic nitrogens is 1. The standard InChI is InChI=1S/C36H23NO/c1-2-9-23(10-3-1)26-11-4-5-12-27(26)24-17-19-33-31(21-24)32-22-25(18-20-34(32)37-33)28-14-8-15-30-29-13-6-7-16-35(29)38-36(28)30/h1-22,37H. The summed E-state index contributed by atoms with van der Waals surface area (Å²) < 4.78 is 6.34. The van der Waals surface area contributed by atoms with Gasteiger partial charge in [0.05, 0.1) is 0 Å². The number of aromatic amines is 1. The lowest BCUT2D eigenvalue weighted by molar-refractivity contribution is 0.670. The maximum absolute atomic E-state index is 6.34. The smallest absolute Gasteiger partial charge is 0.143 e. The van der Waals surface area contributed by atoms with Crippen LogP contribution in [0.25, 0.3) is 77.1 Å². The van der Waals surface area contributed by atoms with Gasteiger partial charge in [0.1, 0.15) is 11.2 Å². The van der Waals surface area contributed by atoms with Gasteiger partial charge in [0.25, 0.3) is 0 Å². The fraction of sp³-hybridized carbons (Fsp3) is 0. The van der Waals surface area contributed by atoms with Crippen LogP contribution >= 0.6 is 0 Å². The van der Waals surface area contributed by atoms with E-state index in [2.05, 4.69) is 126 Å². The van der Waals surface area contributed by atoms with Crippen molar-refractivity contribution in [2.45, 2.75) is 0 Å². The van der Waals surface area contributed by atoms with Crippen molar-refractivity contribution in [2.24, 2.45) is 0 Å². The minimum atomic E-state index is 0.921. The van der Waals surface area contributed by atoms with Gasteiger partial charge in [-0.1, -0.05) is 103 Å². The SMILES string of the molecule is c1ccc(-c2ccccc2-c2ccc3[nH]c4ccc(-c5cccc6c5oc5ccccc56)cc4c3c2)cc1. The van der Waals surface area contributed by atoms with Gasteiger partial charge < -0.3 is 9.40 Å². The quantitative estimate of drug-likeness (QED) is 0.265. The molecule has 6 aromatic carbocycles. The first-order valence-corrected chi connectivity index (χ1v) is 12.9. The number of hydrogen-bond acceptors (Lipinski definition) is 1. The van der Waals surface area contributed by atoms with Gasteiger partial charge in [0.15, 0.2) is 0 Å². The molecule has 0 bridgehead atoms. The van der Waals surface area contributed by atoms with Crippen molar-refractivity contribution in [1.82, 2.24) is 4.98 Å². The van der Waals surface area contributed by atoms with Crippen LogP contribution in [-0.2, 0) is 0 Å². The van der Waals surface area contributed by atoms with Crippen LogP contribution in [0.1, 0.15) is 0 Å². The summed E-state index contributed by atoms with van der Waals surface area (Å²) >= 11 is 0. The molecule has 0 spiro atoms. The van der Waals surface area contributed by atoms with Crippen molar-refractivity contribution in [3.8, 4) is 33.4 Å². The second-order valence-electron chi connectivity index (χ2n) is 9.84. The van der Waals surface area contributed by atoms with Gasteiger partial charge in [-0.15, -0.1) is 0 Å². The van der Waals surface area contributed by atoms with Crippen molar-refractivity contribution in [2.75, 3.05) is 0 Å². The van der Waals surface area contributed by atoms with Gasteiger partial charge in [0, 0.05) is 38.1 Å². The Labute approximate surface area is 219 Å². The van der Waals surface area contributed by atoms with Gasteiger partial charge in [0.2, 0.25) is 0 Å². The molecular formula is C36H23NO. The number of nitrogens with one attached hydrogen (secondary N) is 1. The molecule has 2 aromatic heterocycles. The normalized spacial score (nSPS) is 11.7. The van der Waals surface area contributed by atoms with E-state index in [4.69, 9.17) is 4.42 Å². The van der Waals surface area contributed by atoms with E-state index in [0.29, 0.717) is 0 Å². The largest absolute Gasteiger partial charge is 0.455 e. The lowest BCUT2D eigenvalue weighted by Gasteiger charge is -2.10. The molecule has 0 aliphatic rings. The molecular weight excluding hydrogens is 462 g/mol. The van der Waals surface area contributed by atoms with Crippen LogP contribution in [-0.4, -0.2) is 4.98 Å². The van der Waals surface area contributed by atoms with Gasteiger partial charge in [-0.05, 0) is 58.1 Å². The van der Waals surface area contributed by atoms with Gasteiger partial charge in [-0.25, -0.2) is 0 Å². The summed E-state index contributed by atoms with van der Waals surface area (Å²) in [5.74, 6) is 0. The Kier molecular flexibility index (Phi) is 4.55. The number of furan rings is 1. The van der Waals surface area contributed by atoms with Gasteiger partial charge in [-0.3, -0.25) is 0 Å². The molecule has 38 heavy (non-hydrogen) atoms. The fourth-order valence-electron chi connectivity index (χ4n) is 5.81. The van der Waals surface area contributed by atoms with Crippen molar-refractivity contribution in [3.63, 3.8) is 0 Å². The number of fused-ring (bicyclic) bond motifs is 6. The Morgan fingerprint density at radius 2 is 0.974 bits per heavy atom. The second-order valence-corrected chi connectivity index (χ2v) is 9.84. The molecule has 0 aliphatic heterocycles. The summed E-state index contributed by atoms with van der Waals surface area (Å²) in [4.78, 5) is 3.62. The molecule has 0 aliphatic carbocycles. The average Bonchev–Trinajstić information content (AvgIpc) is 3.55. The van der Waals surface area contributed by atoms with E-state index in [1.165, 1.54) is 33.0 Å². The Balaban J connectivity index is 1.32. The molecule has 0 amide bonds. The predicted molar refractivity (Wildman–Crippen MR) is 159 cm³/mol. The number of rotatable bonds is 3. The Morgan fingerprint density at radius 1 is 0.395 bits per heavy atom. The van der Waals surface area contributed by atoms with Gasteiger partial charge >= 0.3 is 0 Å². The highest BCUT2D eigenvalue weighted by atomic mass is 16.3. The highest BCUT2D eigenvalue weighted by Gasteiger charge is 2.14. The van der Waals surface area contributed by atoms with Crippen LogP contribution in [0.2, 0.25) is 0 Å². The van der Waals surface area contributed by atoms with E-state index >= 15 is 0 Å². The van der Waals surface area contributed by atoms with Crippen LogP contribution in [0.4, 0.5) is 0 Å². The molecule has 2 heterocycles. The Bertz CT molecular complexity index is 2130. The molecule has 178 valence electrons. The van der Waals surface area contributed by atoms with Crippen LogP contribution in [0.5, 0.6) is 0 Å². The summed E-state index contributed by atoms with van der Waals surface area (Å²) in [7, 11) is 0. The van der Waals surface area contributed by atoms with Crippen molar-refractivity contribution in [1.29, 1.82) is 0 Å². The summed E-state index contributed by atoms with van der Waals surface area (Å²) in [6.07, 6.45) is 0. The van der Waals surface area contributed by atoms with Crippen molar-refractivity contribution < 1.29 is 4.42 Å². The molecule has 8 aromatic rings. The zero-order chi connectivity index (χ0) is 25.1. The monoisotopic (exact) mass is 485 g/mol. The third-order valence-corrected chi connectivity index (χ3v) is 7.64. The minimum absolute atomic E-state index is 0.921. The number of benzene rings is 6. The molecule has 0 radical (unpaired) electrons. The first kappa shape index (κ1) is 21.0. The Morgan fingerprint density at radius 3 is 1.74 bits per heavy atom. The van der Waals surface area contributed by atoms with Crippen LogP contribution < -0.4 is 0 Å². The molecule has 2 heteroatoms. The van der Waals surface area contributed by atoms with Crippen molar-refractivity contribution in [3.05, 3.63) is 133 Å². The maximum Gasteiger partial charge on any atom is 0.143 e. The summed E-state index contributed by atoms with van der Waals surface area (Å²) in [5.41, 5.74) is 11.3. The molecule has 8 rings (SSSR count). The molecule has 1 N–H and O–H groups in total. The predicted octanol–water partition coefficient (Wildman–Crippen LogP) is 10.2. The van der Waals surface area contributed by atoms with E-state index in [1.54, 1.807) is 0 Å². The molecule has 0 atom stereocenters. The van der Waals surface area contributed by atoms with E-state index in [1.807, 2.05) is 12.1 Å². The molecule has 0 unspecified atom stereocenters. The third kappa shape index (κ3) is 3.21. The molecule has 2 nitrogen and oxygen atoms in total. The molecule has 0 saturated heterocycles. The van der Waals surface area contributed by atoms with Gasteiger partial charge in [-0.2, -0.15) is 0 Å². The Hall–Kier alpha value is -5.08. The number of para-hydroxylation sites is 2. The topological polar surface area (TPSA) is 28.9 Å². The second kappa shape index (κ2) is 8.22. The highest BCUT2D eigenvalue weighted by molar-refractivity contribution is 6.13. The number of hydrogen-bond donors (Lipinski definition) is 1. The lowest BCUT2D eigenvalue weighted by atomic mass is 9.93. The molecule has 0 saturated carbocycles. The third-order valence-electron chi connectivity index (χ3n) is 7.64. The zero-order valence-electron chi connectivity index (χ0n) is 20.6. The van der Waals surface area contributed by atoms with Crippen LogP contribution in [0.3, 0.4) is 0 Å². The average molecular weight is 486 g/mol. The van der Waals surface area contributed by atoms with E-state index in [-0.39, 0.29) is 0 Å². The molecule has 0 fully saturated rings. The lowest BCUT2D eigenvalue weighted by Crippen LogP contribution is -1.85. The first-order chi connectivity index (χ1) is 18.8. The van der Waals surface area contributed by atoms with Crippen LogP contribution in [0, 0.1) is 0 Å². The fourth-order valence-corrected chi connectivity index (χ4v) is 5.81. The summed E-state index contributed by atoms with van der Waals surface area (Å²) in [6.45, 7) is 0. The summed E-state index contributed by atoms with van der Waals surface area (Å²) in [6, 6.07) is 47.3. The first-order valence-electron chi connectivity index (χ1n) is 12.9. The van der Waals surface area contributed by atoms with E-state index < -0.39 is 0 Å². The van der Waals surface area contributed by atoms with E-state index in [0.717, 1.165) is 44.1 Å². The number of H-pyrrole nitrogens is 1. The minimum Gasteiger partial charge on any atom is -0.455 e.